The molecule has 0 aliphatic heterocycles. The Hall–Kier alpha value is -0.590. The summed E-state index contributed by atoms with van der Waals surface area (Å²) in [5.41, 5.74) is 1.15. The predicted molar refractivity (Wildman–Crippen MR) is 49.8 cm³/mol. The first-order valence-electron chi connectivity index (χ1n) is 3.86. The average molecular weight is 141 g/mol. The molecule has 0 aliphatic rings. The molecule has 0 aromatic rings. The first-order chi connectivity index (χ1) is 4.77. The third kappa shape index (κ3) is 15.7. The number of hydrogen-bond donors (Lipinski definition) is 0. The Bertz CT molecular complexity index is 88.9. The summed E-state index contributed by atoms with van der Waals surface area (Å²) in [6, 6.07) is 0. The fourth-order valence-electron chi connectivity index (χ4n) is 0.379. The molecule has 0 fully saturated rings. The highest BCUT2D eigenvalue weighted by Gasteiger charge is 1.75. The smallest absolute Gasteiger partial charge is 0.0422 e. The monoisotopic (exact) mass is 141 g/mol. The van der Waals surface area contributed by atoms with Crippen LogP contribution in [0.3, 0.4) is 0 Å². The van der Waals surface area contributed by atoms with Crippen LogP contribution >= 0.6 is 0 Å². The maximum Gasteiger partial charge on any atom is 0.0422 e. The zero-order valence-corrected chi connectivity index (χ0v) is 7.65. The molecule has 0 unspecified atom stereocenters. The van der Waals surface area contributed by atoms with E-state index in [9.17, 15) is 0 Å². The van der Waals surface area contributed by atoms with E-state index >= 15 is 0 Å². The number of aliphatic imine (C=N–C) groups is 1. The van der Waals surface area contributed by atoms with Crippen LogP contribution in [0.15, 0.2) is 17.6 Å². The topological polar surface area (TPSA) is 12.4 Å². The third-order valence-electron chi connectivity index (χ3n) is 0.761. The summed E-state index contributed by atoms with van der Waals surface area (Å²) in [7, 11) is 0. The number of hydrogen-bond acceptors (Lipinski definition) is 1. The van der Waals surface area contributed by atoms with E-state index in [1.54, 1.807) is 0 Å². The molecule has 0 bridgehead atoms. The lowest BCUT2D eigenvalue weighted by Gasteiger charge is -1.87. The Kier molecular flexibility index (Phi) is 13.6. The Morgan fingerprint density at radius 3 is 2.20 bits per heavy atom. The minimum absolute atomic E-state index is 0.895. The molecule has 0 radical (unpaired) electrons. The van der Waals surface area contributed by atoms with Crippen LogP contribution in [0.25, 0.3) is 0 Å². The van der Waals surface area contributed by atoms with Gasteiger partial charge in [-0.1, -0.05) is 19.9 Å². The highest BCUT2D eigenvalue weighted by Crippen LogP contribution is 1.82. The van der Waals surface area contributed by atoms with Crippen molar-refractivity contribution < 1.29 is 0 Å². The molecule has 0 heterocycles. The van der Waals surface area contributed by atoms with Crippen LogP contribution in [-0.4, -0.2) is 12.3 Å². The van der Waals surface area contributed by atoms with Gasteiger partial charge < -0.3 is 0 Å². The van der Waals surface area contributed by atoms with Crippen molar-refractivity contribution >= 4 is 5.71 Å². The van der Waals surface area contributed by atoms with E-state index in [4.69, 9.17) is 0 Å². The molecule has 0 amide bonds. The van der Waals surface area contributed by atoms with Gasteiger partial charge in [-0.15, -0.1) is 6.58 Å². The van der Waals surface area contributed by atoms with Crippen LogP contribution in [0.1, 0.15) is 34.1 Å². The third-order valence-corrected chi connectivity index (χ3v) is 0.761. The van der Waals surface area contributed by atoms with Crippen LogP contribution in [0.4, 0.5) is 0 Å². The molecule has 60 valence electrons. The molecule has 0 saturated carbocycles. The van der Waals surface area contributed by atoms with E-state index in [0.29, 0.717) is 0 Å². The molecule has 0 aromatic carbocycles. The van der Waals surface area contributed by atoms with Gasteiger partial charge in [-0.2, -0.15) is 0 Å². The highest BCUT2D eigenvalue weighted by atomic mass is 14.7. The maximum atomic E-state index is 4.16. The summed E-state index contributed by atoms with van der Waals surface area (Å²) in [5, 5.41) is 0. The van der Waals surface area contributed by atoms with E-state index in [2.05, 4.69) is 11.6 Å². The normalized spacial score (nSPS) is 7.20. The molecular weight excluding hydrogens is 122 g/mol. The minimum atomic E-state index is 0.895. The van der Waals surface area contributed by atoms with Gasteiger partial charge in [0.15, 0.2) is 0 Å². The van der Waals surface area contributed by atoms with Gasteiger partial charge >= 0.3 is 0 Å². The SMILES string of the molecule is C=CCCN=C(C)C.CC. The van der Waals surface area contributed by atoms with Crippen molar-refractivity contribution in [2.24, 2.45) is 4.99 Å². The van der Waals surface area contributed by atoms with E-state index < -0.39 is 0 Å². The molecule has 0 aliphatic carbocycles. The Morgan fingerprint density at radius 1 is 1.40 bits per heavy atom. The van der Waals surface area contributed by atoms with Crippen molar-refractivity contribution in [1.29, 1.82) is 0 Å². The second-order valence-corrected chi connectivity index (χ2v) is 1.91. The zero-order chi connectivity index (χ0) is 8.41. The van der Waals surface area contributed by atoms with E-state index in [1.165, 1.54) is 0 Å². The largest absolute Gasteiger partial charge is 0.294 e. The second-order valence-electron chi connectivity index (χ2n) is 1.91. The predicted octanol–water partition coefficient (Wildman–Crippen LogP) is 3.07. The molecule has 0 rings (SSSR count). The highest BCUT2D eigenvalue weighted by molar-refractivity contribution is 5.78. The summed E-state index contributed by atoms with van der Waals surface area (Å²) >= 11 is 0. The summed E-state index contributed by atoms with van der Waals surface area (Å²) in [4.78, 5) is 4.16. The maximum absolute atomic E-state index is 4.16. The lowest BCUT2D eigenvalue weighted by atomic mass is 10.4. The van der Waals surface area contributed by atoms with Crippen molar-refractivity contribution in [1.82, 2.24) is 0 Å². The fraction of sp³-hybridized carbons (Fsp3) is 0.667. The minimum Gasteiger partial charge on any atom is -0.294 e. The second kappa shape index (κ2) is 11.2. The van der Waals surface area contributed by atoms with Crippen molar-refractivity contribution in [2.75, 3.05) is 6.54 Å². The first kappa shape index (κ1) is 12.1. The van der Waals surface area contributed by atoms with Gasteiger partial charge in [0.1, 0.15) is 0 Å². The number of nitrogens with zero attached hydrogens (tertiary/aromatic N) is 1. The van der Waals surface area contributed by atoms with Gasteiger partial charge in [-0.25, -0.2) is 0 Å². The molecule has 1 heteroatoms. The molecular formula is C9H19N. The standard InChI is InChI=1S/C7H13N.C2H6/c1-4-5-6-8-7(2)3;1-2/h4H,1,5-6H2,2-3H3;1-2H3. The van der Waals surface area contributed by atoms with Crippen LogP contribution < -0.4 is 0 Å². The Morgan fingerprint density at radius 2 is 1.90 bits per heavy atom. The van der Waals surface area contributed by atoms with Crippen LogP contribution in [0.2, 0.25) is 0 Å². The van der Waals surface area contributed by atoms with Crippen LogP contribution in [0.5, 0.6) is 0 Å². The first-order valence-corrected chi connectivity index (χ1v) is 3.86. The van der Waals surface area contributed by atoms with Gasteiger partial charge in [-0.3, -0.25) is 4.99 Å². The lowest BCUT2D eigenvalue weighted by molar-refractivity contribution is 1.01. The molecule has 0 spiro atoms. The molecule has 0 aromatic heterocycles. The van der Waals surface area contributed by atoms with Gasteiger partial charge in [0.25, 0.3) is 0 Å². The lowest BCUT2D eigenvalue weighted by Crippen LogP contribution is -1.83. The molecule has 10 heavy (non-hydrogen) atoms. The average Bonchev–Trinajstić information content (AvgIpc) is 1.92. The van der Waals surface area contributed by atoms with E-state index in [0.717, 1.165) is 18.7 Å². The molecule has 1 nitrogen and oxygen atoms in total. The summed E-state index contributed by atoms with van der Waals surface area (Å²) in [6.45, 7) is 12.5. The Balaban J connectivity index is 0. The van der Waals surface area contributed by atoms with Gasteiger partial charge in [0, 0.05) is 12.3 Å². The molecule has 0 N–H and O–H groups in total. The van der Waals surface area contributed by atoms with E-state index in [1.807, 2.05) is 33.8 Å². The summed E-state index contributed by atoms with van der Waals surface area (Å²) in [6.07, 6.45) is 2.87. The van der Waals surface area contributed by atoms with E-state index in [-0.39, 0.29) is 0 Å². The molecule has 0 atom stereocenters. The summed E-state index contributed by atoms with van der Waals surface area (Å²) in [5.74, 6) is 0. The Labute approximate surface area is 64.9 Å². The van der Waals surface area contributed by atoms with Gasteiger partial charge in [0.05, 0.1) is 0 Å². The molecule has 0 saturated heterocycles. The van der Waals surface area contributed by atoms with Gasteiger partial charge in [-0.05, 0) is 20.3 Å². The quantitative estimate of drug-likeness (QED) is 0.325. The number of rotatable bonds is 3. The van der Waals surface area contributed by atoms with Crippen LogP contribution in [0, 0.1) is 0 Å². The fourth-order valence-corrected chi connectivity index (χ4v) is 0.379. The summed E-state index contributed by atoms with van der Waals surface area (Å²) < 4.78 is 0. The van der Waals surface area contributed by atoms with Crippen LogP contribution in [-0.2, 0) is 0 Å². The van der Waals surface area contributed by atoms with Crippen molar-refractivity contribution in [2.45, 2.75) is 34.1 Å². The van der Waals surface area contributed by atoms with Crippen molar-refractivity contribution in [3.05, 3.63) is 12.7 Å². The van der Waals surface area contributed by atoms with Crippen molar-refractivity contribution in [3.63, 3.8) is 0 Å². The zero-order valence-electron chi connectivity index (χ0n) is 7.65. The van der Waals surface area contributed by atoms with Gasteiger partial charge in [0.2, 0.25) is 0 Å². The van der Waals surface area contributed by atoms with Crippen molar-refractivity contribution in [3.8, 4) is 0 Å².